The largest absolute Gasteiger partial charge is 0.490 e. The molecule has 0 amide bonds. The van der Waals surface area contributed by atoms with Crippen molar-refractivity contribution in [1.29, 1.82) is 0 Å². The molecule has 1 aliphatic rings. The first-order valence-corrected chi connectivity index (χ1v) is 6.29. The molecule has 1 fully saturated rings. The Balaban J connectivity index is 1.95. The lowest BCUT2D eigenvalue weighted by Crippen LogP contribution is -2.28. The first-order chi connectivity index (χ1) is 8.29. The van der Waals surface area contributed by atoms with Crippen molar-refractivity contribution in [3.8, 4) is 5.75 Å². The number of halogens is 1. The molecule has 0 saturated carbocycles. The van der Waals surface area contributed by atoms with Gasteiger partial charge in [0, 0.05) is 6.04 Å². The van der Waals surface area contributed by atoms with Gasteiger partial charge in [0.05, 0.1) is 6.20 Å². The summed E-state index contributed by atoms with van der Waals surface area (Å²) in [6.45, 7) is 5.48. The fourth-order valence-corrected chi connectivity index (χ4v) is 2.13. The summed E-state index contributed by atoms with van der Waals surface area (Å²) in [5.41, 5.74) is 0.957. The van der Waals surface area contributed by atoms with Crippen LogP contribution in [-0.2, 0) is 6.42 Å². The van der Waals surface area contributed by atoms with E-state index in [9.17, 15) is 0 Å². The third-order valence-corrected chi connectivity index (χ3v) is 3.20. The molecule has 17 heavy (non-hydrogen) atoms. The van der Waals surface area contributed by atoms with Crippen LogP contribution in [0.4, 0.5) is 0 Å². The van der Waals surface area contributed by atoms with E-state index in [4.69, 9.17) is 16.3 Å². The van der Waals surface area contributed by atoms with Gasteiger partial charge < -0.3 is 10.1 Å². The molecule has 3 nitrogen and oxygen atoms in total. The summed E-state index contributed by atoms with van der Waals surface area (Å²) < 4.78 is 5.71. The van der Waals surface area contributed by atoms with E-state index in [1.807, 2.05) is 12.1 Å². The second-order valence-corrected chi connectivity index (χ2v) is 4.58. The van der Waals surface area contributed by atoms with Crippen molar-refractivity contribution >= 4 is 11.6 Å². The van der Waals surface area contributed by atoms with Gasteiger partial charge in [0.1, 0.15) is 17.5 Å². The van der Waals surface area contributed by atoms with Crippen LogP contribution in [0, 0.1) is 0 Å². The molecule has 1 saturated heterocycles. The van der Waals surface area contributed by atoms with Gasteiger partial charge >= 0.3 is 0 Å². The number of ether oxygens (including phenoxy) is 1. The normalized spacial score (nSPS) is 19.2. The maximum atomic E-state index is 5.98. The highest BCUT2D eigenvalue weighted by Crippen LogP contribution is 2.20. The predicted molar refractivity (Wildman–Crippen MR) is 69.7 cm³/mol. The molecule has 1 aliphatic heterocycles. The van der Waals surface area contributed by atoms with Crippen LogP contribution in [0.3, 0.4) is 0 Å². The number of allylic oxidation sites excluding steroid dienone is 1. The van der Waals surface area contributed by atoms with Gasteiger partial charge in [-0.25, -0.2) is 4.98 Å². The van der Waals surface area contributed by atoms with E-state index >= 15 is 0 Å². The number of hydrogen-bond acceptors (Lipinski definition) is 3. The van der Waals surface area contributed by atoms with Crippen molar-refractivity contribution < 1.29 is 4.74 Å². The van der Waals surface area contributed by atoms with Crippen molar-refractivity contribution in [3.63, 3.8) is 0 Å². The highest BCUT2D eigenvalue weighted by molar-refractivity contribution is 6.30. The zero-order chi connectivity index (χ0) is 12.1. The van der Waals surface area contributed by atoms with E-state index in [2.05, 4.69) is 16.9 Å². The van der Waals surface area contributed by atoms with Gasteiger partial charge in [-0.3, -0.25) is 0 Å². The highest BCUT2D eigenvalue weighted by Gasteiger charge is 2.14. The van der Waals surface area contributed by atoms with E-state index in [0.717, 1.165) is 17.9 Å². The standard InChI is InChI=1S/C13H17ClN2O/c1-2-4-10-7-12(8-16-13(10)14)17-9-11-5-3-6-15-11/h2,7-8,11,15H,1,3-6,9H2/t11-/m0/s1. The lowest BCUT2D eigenvalue weighted by atomic mass is 10.2. The van der Waals surface area contributed by atoms with Crippen molar-refractivity contribution in [2.75, 3.05) is 13.2 Å². The zero-order valence-electron chi connectivity index (χ0n) is 9.79. The molecule has 1 N–H and O–H groups in total. The average Bonchev–Trinajstić information content (AvgIpc) is 2.83. The van der Waals surface area contributed by atoms with Gasteiger partial charge in [-0.2, -0.15) is 0 Å². The number of nitrogens with zero attached hydrogens (tertiary/aromatic N) is 1. The van der Waals surface area contributed by atoms with Gasteiger partial charge in [-0.05, 0) is 37.4 Å². The Morgan fingerprint density at radius 3 is 3.24 bits per heavy atom. The number of pyridine rings is 1. The first kappa shape index (κ1) is 12.4. The molecular formula is C13H17ClN2O. The Morgan fingerprint density at radius 2 is 2.53 bits per heavy atom. The smallest absolute Gasteiger partial charge is 0.138 e. The summed E-state index contributed by atoms with van der Waals surface area (Å²) in [6, 6.07) is 2.40. The minimum absolute atomic E-state index is 0.466. The molecule has 0 radical (unpaired) electrons. The minimum Gasteiger partial charge on any atom is -0.490 e. The minimum atomic E-state index is 0.466. The summed E-state index contributed by atoms with van der Waals surface area (Å²) in [6.07, 6.45) is 6.61. The highest BCUT2D eigenvalue weighted by atomic mass is 35.5. The molecule has 2 heterocycles. The van der Waals surface area contributed by atoms with Crippen LogP contribution in [0.5, 0.6) is 5.75 Å². The SMILES string of the molecule is C=CCc1cc(OC[C@@H]2CCCN2)cnc1Cl. The third kappa shape index (κ3) is 3.45. The topological polar surface area (TPSA) is 34.1 Å². The summed E-state index contributed by atoms with van der Waals surface area (Å²) in [5.74, 6) is 0.778. The van der Waals surface area contributed by atoms with E-state index in [0.29, 0.717) is 24.2 Å². The lowest BCUT2D eigenvalue weighted by molar-refractivity contribution is 0.276. The lowest BCUT2D eigenvalue weighted by Gasteiger charge is -2.12. The molecule has 0 aromatic carbocycles. The van der Waals surface area contributed by atoms with Crippen LogP contribution >= 0.6 is 11.6 Å². The number of nitrogens with one attached hydrogen (secondary N) is 1. The van der Waals surface area contributed by atoms with Crippen molar-refractivity contribution in [3.05, 3.63) is 35.6 Å². The maximum absolute atomic E-state index is 5.98. The van der Waals surface area contributed by atoms with Crippen molar-refractivity contribution in [2.24, 2.45) is 0 Å². The van der Waals surface area contributed by atoms with Crippen LogP contribution in [0.25, 0.3) is 0 Å². The molecule has 4 heteroatoms. The van der Waals surface area contributed by atoms with Gasteiger partial charge in [-0.1, -0.05) is 17.7 Å². The molecule has 0 unspecified atom stereocenters. The van der Waals surface area contributed by atoms with Gasteiger partial charge in [0.15, 0.2) is 0 Å². The van der Waals surface area contributed by atoms with Gasteiger partial charge in [-0.15, -0.1) is 6.58 Å². The van der Waals surface area contributed by atoms with Crippen LogP contribution in [0.2, 0.25) is 5.15 Å². The molecule has 0 spiro atoms. The summed E-state index contributed by atoms with van der Waals surface area (Å²) in [7, 11) is 0. The maximum Gasteiger partial charge on any atom is 0.138 e. The Hall–Kier alpha value is -1.06. The number of hydrogen-bond donors (Lipinski definition) is 1. The van der Waals surface area contributed by atoms with Crippen molar-refractivity contribution in [1.82, 2.24) is 10.3 Å². The number of aromatic nitrogens is 1. The molecular weight excluding hydrogens is 236 g/mol. The van der Waals surface area contributed by atoms with Gasteiger partial charge in [0.2, 0.25) is 0 Å². The Morgan fingerprint density at radius 1 is 1.65 bits per heavy atom. The van der Waals surface area contributed by atoms with E-state index in [-0.39, 0.29) is 0 Å². The summed E-state index contributed by atoms with van der Waals surface area (Å²) in [5, 5.41) is 3.91. The molecule has 1 aromatic rings. The molecule has 1 atom stereocenters. The Labute approximate surface area is 107 Å². The van der Waals surface area contributed by atoms with E-state index in [1.54, 1.807) is 6.20 Å². The predicted octanol–water partition coefficient (Wildman–Crippen LogP) is 2.59. The second-order valence-electron chi connectivity index (χ2n) is 4.22. The first-order valence-electron chi connectivity index (χ1n) is 5.91. The fraction of sp³-hybridized carbons (Fsp3) is 0.462. The molecule has 0 bridgehead atoms. The van der Waals surface area contributed by atoms with Gasteiger partial charge in [0.25, 0.3) is 0 Å². The molecule has 2 rings (SSSR count). The van der Waals surface area contributed by atoms with Crippen LogP contribution < -0.4 is 10.1 Å². The van der Waals surface area contributed by atoms with E-state index < -0.39 is 0 Å². The monoisotopic (exact) mass is 252 g/mol. The fourth-order valence-electron chi connectivity index (χ4n) is 1.95. The van der Waals surface area contributed by atoms with Crippen LogP contribution in [0.1, 0.15) is 18.4 Å². The van der Waals surface area contributed by atoms with Crippen LogP contribution in [-0.4, -0.2) is 24.2 Å². The third-order valence-electron chi connectivity index (χ3n) is 2.86. The molecule has 0 aliphatic carbocycles. The summed E-state index contributed by atoms with van der Waals surface area (Å²) in [4.78, 5) is 4.12. The molecule has 92 valence electrons. The van der Waals surface area contributed by atoms with Crippen molar-refractivity contribution in [2.45, 2.75) is 25.3 Å². The quantitative estimate of drug-likeness (QED) is 0.646. The molecule has 1 aromatic heterocycles. The second kappa shape index (κ2) is 6.03. The Bertz CT molecular complexity index is 389. The Kier molecular flexibility index (Phi) is 4.40. The van der Waals surface area contributed by atoms with Crippen LogP contribution in [0.15, 0.2) is 24.9 Å². The van der Waals surface area contributed by atoms with E-state index in [1.165, 1.54) is 12.8 Å². The average molecular weight is 253 g/mol. The summed E-state index contributed by atoms with van der Waals surface area (Å²) >= 11 is 5.98. The zero-order valence-corrected chi connectivity index (χ0v) is 10.5. The number of rotatable bonds is 5.